The third-order valence-corrected chi connectivity index (χ3v) is 6.42. The highest BCUT2D eigenvalue weighted by atomic mass is 16.5. The van der Waals surface area contributed by atoms with Crippen LogP contribution in [0.25, 0.3) is 32.8 Å². The molecule has 0 fully saturated rings. The Bertz CT molecular complexity index is 1600. The summed E-state index contributed by atoms with van der Waals surface area (Å²) in [5.74, 6) is 0.166. The number of carboxylic acids is 1. The van der Waals surface area contributed by atoms with E-state index in [2.05, 4.69) is 50.0 Å². The maximum absolute atomic E-state index is 11.3. The zero-order valence-electron chi connectivity index (χ0n) is 20.5. The smallest absolute Gasteiger partial charge is 0.307 e. The molecule has 0 spiro atoms. The number of aryl methyl sites for hydroxylation is 1. The highest BCUT2D eigenvalue weighted by Crippen LogP contribution is 2.36. The van der Waals surface area contributed by atoms with Crippen molar-refractivity contribution in [3.05, 3.63) is 83.7 Å². The van der Waals surface area contributed by atoms with Crippen LogP contribution >= 0.6 is 0 Å². The normalized spacial score (nSPS) is 11.4. The zero-order valence-corrected chi connectivity index (χ0v) is 20.5. The van der Waals surface area contributed by atoms with Gasteiger partial charge in [0, 0.05) is 28.6 Å². The number of nitrogen functional groups attached to an aromatic ring is 1. The molecular formula is C29H28N4O3. The summed E-state index contributed by atoms with van der Waals surface area (Å²) in [7, 11) is 0. The van der Waals surface area contributed by atoms with Crippen LogP contribution in [0.1, 0.15) is 36.7 Å². The molecule has 2 aromatic heterocycles. The number of nitrogens with two attached hydrogens (primary N) is 1. The van der Waals surface area contributed by atoms with E-state index in [1.165, 1.54) is 0 Å². The number of rotatable bonds is 7. The van der Waals surface area contributed by atoms with E-state index in [0.717, 1.165) is 44.1 Å². The summed E-state index contributed by atoms with van der Waals surface area (Å²) in [6, 6.07) is 19.8. The monoisotopic (exact) mass is 480 g/mol. The van der Waals surface area contributed by atoms with Gasteiger partial charge in [-0.15, -0.1) is 0 Å². The number of aliphatic carboxylic acids is 1. The van der Waals surface area contributed by atoms with Crippen molar-refractivity contribution in [1.82, 2.24) is 14.8 Å². The lowest BCUT2D eigenvalue weighted by Gasteiger charge is -2.13. The van der Waals surface area contributed by atoms with Crippen LogP contribution in [0.2, 0.25) is 0 Å². The number of hydrogen-bond acceptors (Lipinski definition) is 5. The van der Waals surface area contributed by atoms with Crippen LogP contribution in [0.5, 0.6) is 5.75 Å². The SMILES string of the molecule is Cc1ccc2c(N)nccc2c1-c1ccc2c(c1)c(COc1ccccc1CC(=O)O)nn2C(C)C. The van der Waals surface area contributed by atoms with Crippen molar-refractivity contribution in [3.63, 3.8) is 0 Å². The third kappa shape index (κ3) is 4.24. The van der Waals surface area contributed by atoms with Gasteiger partial charge in [0.05, 0.1) is 11.9 Å². The molecule has 2 heterocycles. The molecule has 36 heavy (non-hydrogen) atoms. The molecular weight excluding hydrogens is 452 g/mol. The summed E-state index contributed by atoms with van der Waals surface area (Å²) in [6.07, 6.45) is 1.64. The zero-order chi connectivity index (χ0) is 25.4. The molecule has 5 rings (SSSR count). The van der Waals surface area contributed by atoms with E-state index in [1.54, 1.807) is 18.3 Å². The lowest BCUT2D eigenvalue weighted by Crippen LogP contribution is -2.06. The van der Waals surface area contributed by atoms with Gasteiger partial charge in [0.15, 0.2) is 0 Å². The van der Waals surface area contributed by atoms with Crippen molar-refractivity contribution in [2.24, 2.45) is 0 Å². The molecule has 0 aliphatic rings. The number of anilines is 1. The topological polar surface area (TPSA) is 103 Å². The number of nitrogens with zero attached hydrogens (tertiary/aromatic N) is 3. The molecule has 0 amide bonds. The molecule has 0 unspecified atom stereocenters. The van der Waals surface area contributed by atoms with Crippen LogP contribution < -0.4 is 10.5 Å². The highest BCUT2D eigenvalue weighted by molar-refractivity contribution is 6.03. The van der Waals surface area contributed by atoms with E-state index in [-0.39, 0.29) is 19.1 Å². The number of benzene rings is 3. The number of hydrogen-bond donors (Lipinski definition) is 2. The number of pyridine rings is 1. The lowest BCUT2D eigenvalue weighted by molar-refractivity contribution is -0.136. The highest BCUT2D eigenvalue weighted by Gasteiger charge is 2.17. The molecule has 182 valence electrons. The lowest BCUT2D eigenvalue weighted by atomic mass is 9.93. The van der Waals surface area contributed by atoms with E-state index < -0.39 is 5.97 Å². The Balaban J connectivity index is 1.61. The van der Waals surface area contributed by atoms with E-state index in [9.17, 15) is 9.90 Å². The first-order valence-electron chi connectivity index (χ1n) is 11.9. The second-order valence-electron chi connectivity index (χ2n) is 9.23. The molecule has 3 N–H and O–H groups in total. The number of fused-ring (bicyclic) bond motifs is 2. The predicted molar refractivity (Wildman–Crippen MR) is 142 cm³/mol. The molecule has 0 atom stereocenters. The molecule has 0 saturated carbocycles. The van der Waals surface area contributed by atoms with Gasteiger partial charge < -0.3 is 15.6 Å². The molecule has 0 aliphatic carbocycles. The number of aromatic nitrogens is 3. The fourth-order valence-corrected chi connectivity index (χ4v) is 4.73. The van der Waals surface area contributed by atoms with E-state index in [0.29, 0.717) is 17.1 Å². The number of para-hydroxylation sites is 1. The number of carboxylic acid groups (broad SMARTS) is 1. The van der Waals surface area contributed by atoms with Gasteiger partial charge in [-0.1, -0.05) is 36.4 Å². The standard InChI is InChI=1S/C29H28N4O3/c1-17(2)33-25-11-9-20(28-18(3)8-10-22-21(28)12-13-31-29(22)30)14-23(25)24(32-33)16-36-26-7-5-4-6-19(26)15-27(34)35/h4-14,17H,15-16H2,1-3H3,(H2,30,31)(H,34,35). The summed E-state index contributed by atoms with van der Waals surface area (Å²) in [5, 5.41) is 17.1. The molecule has 0 saturated heterocycles. The van der Waals surface area contributed by atoms with Crippen LogP contribution in [0.3, 0.4) is 0 Å². The quantitative estimate of drug-likeness (QED) is 0.299. The van der Waals surface area contributed by atoms with Gasteiger partial charge in [0.2, 0.25) is 0 Å². The summed E-state index contributed by atoms with van der Waals surface area (Å²) >= 11 is 0. The number of carbonyl (C=O) groups is 1. The molecule has 0 aliphatic heterocycles. The summed E-state index contributed by atoms with van der Waals surface area (Å²) < 4.78 is 8.12. The second kappa shape index (κ2) is 9.34. The van der Waals surface area contributed by atoms with E-state index in [1.807, 2.05) is 28.9 Å². The minimum atomic E-state index is -0.897. The Morgan fingerprint density at radius 2 is 1.86 bits per heavy atom. The molecule has 0 radical (unpaired) electrons. The number of ether oxygens (including phenoxy) is 1. The van der Waals surface area contributed by atoms with Crippen molar-refractivity contribution in [1.29, 1.82) is 0 Å². The fourth-order valence-electron chi connectivity index (χ4n) is 4.73. The van der Waals surface area contributed by atoms with Crippen molar-refractivity contribution >= 4 is 33.5 Å². The first-order valence-corrected chi connectivity index (χ1v) is 11.9. The van der Waals surface area contributed by atoms with E-state index >= 15 is 0 Å². The third-order valence-electron chi connectivity index (χ3n) is 6.42. The molecule has 5 aromatic rings. The Morgan fingerprint density at radius 1 is 1.06 bits per heavy atom. The van der Waals surface area contributed by atoms with Crippen molar-refractivity contribution < 1.29 is 14.6 Å². The molecule has 0 bridgehead atoms. The average Bonchev–Trinajstić information content (AvgIpc) is 3.21. The van der Waals surface area contributed by atoms with Gasteiger partial charge in [0.1, 0.15) is 23.9 Å². The van der Waals surface area contributed by atoms with Crippen LogP contribution in [0.4, 0.5) is 5.82 Å². The first-order chi connectivity index (χ1) is 17.3. The van der Waals surface area contributed by atoms with Gasteiger partial charge in [-0.05, 0) is 67.1 Å². The largest absolute Gasteiger partial charge is 0.487 e. The summed E-state index contributed by atoms with van der Waals surface area (Å²) in [5.41, 5.74) is 11.9. The van der Waals surface area contributed by atoms with Gasteiger partial charge in [0.25, 0.3) is 0 Å². The maximum Gasteiger partial charge on any atom is 0.307 e. The van der Waals surface area contributed by atoms with Crippen molar-refractivity contribution in [2.45, 2.75) is 39.8 Å². The first kappa shape index (κ1) is 23.4. The van der Waals surface area contributed by atoms with Crippen molar-refractivity contribution in [3.8, 4) is 16.9 Å². The summed E-state index contributed by atoms with van der Waals surface area (Å²) in [6.45, 7) is 6.51. The Hall–Kier alpha value is -4.39. The van der Waals surface area contributed by atoms with Crippen LogP contribution in [0.15, 0.2) is 66.9 Å². The Kier molecular flexibility index (Phi) is 6.06. The average molecular weight is 481 g/mol. The van der Waals surface area contributed by atoms with Gasteiger partial charge in [-0.2, -0.15) is 5.10 Å². The van der Waals surface area contributed by atoms with Crippen LogP contribution in [0, 0.1) is 6.92 Å². The Labute approximate surface area is 209 Å². The minimum absolute atomic E-state index is 0.0974. The molecule has 7 nitrogen and oxygen atoms in total. The van der Waals surface area contributed by atoms with Gasteiger partial charge in [-0.3, -0.25) is 9.48 Å². The molecule has 7 heteroatoms. The minimum Gasteiger partial charge on any atom is -0.487 e. The molecule has 3 aromatic carbocycles. The maximum atomic E-state index is 11.3. The van der Waals surface area contributed by atoms with Gasteiger partial charge >= 0.3 is 5.97 Å². The fraction of sp³-hybridized carbons (Fsp3) is 0.207. The van der Waals surface area contributed by atoms with Crippen LogP contribution in [-0.4, -0.2) is 25.8 Å². The van der Waals surface area contributed by atoms with Gasteiger partial charge in [-0.25, -0.2) is 4.98 Å². The van der Waals surface area contributed by atoms with Crippen molar-refractivity contribution in [2.75, 3.05) is 5.73 Å². The predicted octanol–water partition coefficient (Wildman–Crippen LogP) is 5.93. The Morgan fingerprint density at radius 3 is 2.64 bits per heavy atom. The van der Waals surface area contributed by atoms with Crippen LogP contribution in [-0.2, 0) is 17.8 Å². The summed E-state index contributed by atoms with van der Waals surface area (Å²) in [4.78, 5) is 15.5. The van der Waals surface area contributed by atoms with E-state index in [4.69, 9.17) is 15.6 Å². The second-order valence-corrected chi connectivity index (χ2v) is 9.23.